The summed E-state index contributed by atoms with van der Waals surface area (Å²) in [5.41, 5.74) is 31.9. The number of aldehydes is 1. The number of aliphatic hydroxyl groups is 2. The fourth-order valence-corrected chi connectivity index (χ4v) is 11.5. The molecule has 2 unspecified atom stereocenters. The Hall–Kier alpha value is -9.76. The molecule has 0 bridgehead atoms. The molecule has 2 rings (SSSR count). The first-order valence-electron chi connectivity index (χ1n) is 34.5. The van der Waals surface area contributed by atoms with Gasteiger partial charge >= 0.3 is 5.97 Å². The number of guanidine groups is 2. The molecule has 0 radical (unpaired) electrons. The number of hydrazine groups is 1. The van der Waals surface area contributed by atoms with Gasteiger partial charge in [-0.1, -0.05) is 0 Å². The molecule has 13 amide bonds. The molecule has 0 aromatic rings. The first-order chi connectivity index (χ1) is 50.1. The Balaban J connectivity index is 2.23. The molecule has 2 saturated heterocycles. The van der Waals surface area contributed by atoms with E-state index >= 15 is 0 Å². The molecule has 2 aliphatic heterocycles. The lowest BCUT2D eigenvalue weighted by Crippen LogP contribution is -2.61. The van der Waals surface area contributed by atoms with Crippen LogP contribution >= 0.6 is 11.8 Å². The van der Waals surface area contributed by atoms with Crippen molar-refractivity contribution in [3.8, 4) is 0 Å². The fraction of sp³-hybridized carbons (Fsp3) is 0.694. The Morgan fingerprint density at radius 2 is 0.943 bits per heavy atom. The minimum absolute atomic E-state index is 0.00530. The molecule has 2 fully saturated rings. The highest BCUT2D eigenvalue weighted by atomic mass is 32.2. The SMILES string of the molecule is CN[C@@H](CC(N)=O)C(=O)C(=O)[C@H](CO)NC(=O)C(CC(N)=O)NC(=O)[C@H](C)NN[C@@H](CO)C(=O)N1CCC[C@H]1C(=O)N[C@@H](C)C(=O)N[C@@H](CCSC)C(=O)NC(C)C(=O)N1CCC[C@H]1C(=O)N[C@@H](CCCNC(=N)N)C(=O)N[C@@H](CCC(=O)O)C(=O)N[C@@H](CCCNC(=N)N)C(=O)N[C@H](C=O)CCCCN. The molecule has 0 aliphatic carbocycles. The number of carbonyl (C=O) groups excluding carboxylic acids is 16. The smallest absolute Gasteiger partial charge is 0.303 e. The average Bonchev–Trinajstić information content (AvgIpc) is 1.61. The van der Waals surface area contributed by atoms with Crippen LogP contribution in [0, 0.1) is 10.8 Å². The largest absolute Gasteiger partial charge is 0.481 e. The van der Waals surface area contributed by atoms with Gasteiger partial charge in [-0.2, -0.15) is 11.8 Å². The number of unbranched alkanes of at least 4 members (excludes halogenated alkanes) is 1. The minimum atomic E-state index is -1.90. The summed E-state index contributed by atoms with van der Waals surface area (Å²) in [6.07, 6.45) is 1.65. The second-order valence-electron chi connectivity index (χ2n) is 25.3. The number of primary amides is 2. The normalized spacial score (nSPS) is 17.3. The van der Waals surface area contributed by atoms with E-state index in [9.17, 15) is 96.8 Å². The van der Waals surface area contributed by atoms with Gasteiger partial charge in [0.15, 0.2) is 11.9 Å². The number of aliphatic carboxylic acids is 1. The molecule has 44 heteroatoms. The number of thioether (sulfide) groups is 1. The number of nitrogens with zero attached hydrogens (tertiary/aromatic N) is 2. The van der Waals surface area contributed by atoms with Crippen molar-refractivity contribution in [3.05, 3.63) is 0 Å². The highest BCUT2D eigenvalue weighted by molar-refractivity contribution is 7.98. The molecule has 0 aromatic carbocycles. The van der Waals surface area contributed by atoms with Crippen LogP contribution in [0.1, 0.15) is 124 Å². The Labute approximate surface area is 615 Å². The second kappa shape index (κ2) is 48.4. The number of carboxylic acids is 1. The zero-order valence-electron chi connectivity index (χ0n) is 60.1. The van der Waals surface area contributed by atoms with Crippen LogP contribution in [0.15, 0.2) is 0 Å². The second-order valence-corrected chi connectivity index (χ2v) is 26.2. The molecule has 0 saturated carbocycles. The lowest BCUT2D eigenvalue weighted by Gasteiger charge is -2.30. The number of nitrogens with two attached hydrogens (primary N) is 5. The third kappa shape index (κ3) is 32.3. The van der Waals surface area contributed by atoms with Crippen molar-refractivity contribution in [3.63, 3.8) is 0 Å². The summed E-state index contributed by atoms with van der Waals surface area (Å²) in [5.74, 6) is -16.4. The number of hydrogen-bond donors (Lipinski definition) is 24. The van der Waals surface area contributed by atoms with Crippen LogP contribution in [0.3, 0.4) is 0 Å². The predicted molar refractivity (Wildman–Crippen MR) is 380 cm³/mol. The molecule has 43 nitrogen and oxygen atoms in total. The number of rotatable bonds is 52. The molecular formula is C62H107N23O20S. The van der Waals surface area contributed by atoms with E-state index < -0.39 is 224 Å². The van der Waals surface area contributed by atoms with Crippen molar-refractivity contribution in [1.82, 2.24) is 84.5 Å². The van der Waals surface area contributed by atoms with Crippen LogP contribution in [-0.2, 0) is 81.5 Å². The number of likely N-dealkylation sites (tertiary alicyclic amines) is 2. The van der Waals surface area contributed by atoms with Crippen LogP contribution in [0.25, 0.3) is 0 Å². The molecule has 29 N–H and O–H groups in total. The summed E-state index contributed by atoms with van der Waals surface area (Å²) in [6, 6.07) is -19.9. The van der Waals surface area contributed by atoms with E-state index in [1.165, 1.54) is 44.5 Å². The third-order valence-electron chi connectivity index (χ3n) is 16.9. The molecule has 14 atom stereocenters. The number of likely N-dealkylation sites (N-methyl/N-ethyl adjacent to an activating group) is 1. The highest BCUT2D eigenvalue weighted by Crippen LogP contribution is 2.21. The Morgan fingerprint density at radius 1 is 0.500 bits per heavy atom. The van der Waals surface area contributed by atoms with Gasteiger partial charge in [0.2, 0.25) is 88.4 Å². The van der Waals surface area contributed by atoms with E-state index in [0.29, 0.717) is 31.4 Å². The van der Waals surface area contributed by atoms with Gasteiger partial charge in [0.05, 0.1) is 37.8 Å². The average molecular weight is 1530 g/mol. The van der Waals surface area contributed by atoms with Crippen molar-refractivity contribution < 1.29 is 96.8 Å². The van der Waals surface area contributed by atoms with Gasteiger partial charge in [0, 0.05) is 39.0 Å². The van der Waals surface area contributed by atoms with Crippen LogP contribution in [-0.4, -0.2) is 287 Å². The molecule has 0 aromatic heterocycles. The van der Waals surface area contributed by atoms with Gasteiger partial charge in [-0.25, -0.2) is 10.9 Å². The van der Waals surface area contributed by atoms with E-state index in [-0.39, 0.29) is 96.3 Å². The van der Waals surface area contributed by atoms with E-state index in [1.807, 2.05) is 0 Å². The quantitative estimate of drug-likeness (QED) is 0.00671. The maximum Gasteiger partial charge on any atom is 0.303 e. The molecule has 2 aliphatic rings. The molecule has 596 valence electrons. The summed E-state index contributed by atoms with van der Waals surface area (Å²) >= 11 is 1.32. The van der Waals surface area contributed by atoms with Gasteiger partial charge in [-0.3, -0.25) is 87.5 Å². The molecule has 0 spiro atoms. The Bertz CT molecular complexity index is 3100. The maximum absolute atomic E-state index is 14.3. The monoisotopic (exact) mass is 1530 g/mol. The number of amides is 13. The lowest BCUT2D eigenvalue weighted by molar-refractivity contribution is -0.142. The van der Waals surface area contributed by atoms with Gasteiger partial charge in [-0.05, 0) is 130 Å². The third-order valence-corrected chi connectivity index (χ3v) is 17.5. The predicted octanol–water partition coefficient (Wildman–Crippen LogP) is -10.8. The van der Waals surface area contributed by atoms with Crippen molar-refractivity contribution in [2.45, 2.75) is 208 Å². The molecule has 2 heterocycles. The van der Waals surface area contributed by atoms with Crippen LogP contribution in [0.5, 0.6) is 0 Å². The number of nitrogens with one attached hydrogen (secondary N) is 16. The van der Waals surface area contributed by atoms with E-state index in [4.69, 9.17) is 39.5 Å². The Morgan fingerprint density at radius 3 is 1.44 bits per heavy atom. The Kier molecular flexibility index (Phi) is 42.1. The number of carboxylic acid groups (broad SMARTS) is 1. The van der Waals surface area contributed by atoms with Gasteiger partial charge < -0.3 is 122 Å². The van der Waals surface area contributed by atoms with Gasteiger partial charge in [0.1, 0.15) is 72.7 Å². The summed E-state index contributed by atoms with van der Waals surface area (Å²) < 4.78 is 0. The van der Waals surface area contributed by atoms with Crippen molar-refractivity contribution in [2.75, 3.05) is 65.0 Å². The summed E-state index contributed by atoms with van der Waals surface area (Å²) in [5, 5.41) is 74.6. The summed E-state index contributed by atoms with van der Waals surface area (Å²) in [6.45, 7) is 2.30. The van der Waals surface area contributed by atoms with Gasteiger partial charge in [-0.15, -0.1) is 0 Å². The van der Waals surface area contributed by atoms with Crippen LogP contribution in [0.4, 0.5) is 0 Å². The maximum atomic E-state index is 14.3. The zero-order valence-corrected chi connectivity index (χ0v) is 60.9. The number of aliphatic hydroxyl groups excluding tert-OH is 2. The first-order valence-corrected chi connectivity index (χ1v) is 35.9. The number of Topliss-reactive ketones (excluding diaryl/α,β-unsaturated/α-hetero) is 2. The van der Waals surface area contributed by atoms with Crippen molar-refractivity contribution in [1.29, 1.82) is 10.8 Å². The van der Waals surface area contributed by atoms with Gasteiger partial charge in [0.25, 0.3) is 0 Å². The van der Waals surface area contributed by atoms with Crippen LogP contribution in [0.2, 0.25) is 0 Å². The van der Waals surface area contributed by atoms with Crippen molar-refractivity contribution in [2.24, 2.45) is 28.7 Å². The highest BCUT2D eigenvalue weighted by Gasteiger charge is 2.42. The summed E-state index contributed by atoms with van der Waals surface area (Å²) in [7, 11) is 1.25. The number of ketones is 2. The zero-order chi connectivity index (χ0) is 79.9. The van der Waals surface area contributed by atoms with E-state index in [2.05, 4.69) is 74.7 Å². The number of hydrogen-bond acceptors (Lipinski definition) is 26. The fourth-order valence-electron chi connectivity index (χ4n) is 11.0. The topological polar surface area (TPSA) is 704 Å². The van der Waals surface area contributed by atoms with Crippen LogP contribution < -0.4 is 103 Å². The van der Waals surface area contributed by atoms with E-state index in [0.717, 1.165) is 4.90 Å². The minimum Gasteiger partial charge on any atom is -0.481 e. The standard InChI is InChI=1S/C62H107N23O20S/c1-31(73-57(102)43-15-11-24-85(43)60(105)42(30-88)83-82-32(2)51(96)80-40(27-46(65)90)56(101)81-41(29-87)49(94)48(93)39(70-4)26-45(64)89)50(95)76-38(19-25-106-5)52(97)74-33(3)59(104)84-23-10-16-44(84)58(103)79-36(14-9-22-72-62(68)69)54(99)78-37(17-18-47(91)92)55(100)77-35(13-8-21-71-61(66)67)53(98)75-34(28-86)12-6-7-20-63/h28,31-44,70,82-83,87-88H,6-27,29-30,63H2,1-5H3,(H2,64,89)(H2,65,90)(H,73,102)(H,74,97)(H,75,98)(H,76,95)(H,77,100)(H,78,99)(H,79,103)(H,80,96)(H,81,101)(H,91,92)(H4,66,67,71)(H4,68,69,72)/t31-,32-,33?,34-,35-,36-,37-,38-,39-,40?,41-,42-,43-,44-/m0/s1. The number of carbonyl (C=O) groups is 17. The molecule has 106 heavy (non-hydrogen) atoms. The lowest BCUT2D eigenvalue weighted by atomic mass is 10.00. The summed E-state index contributed by atoms with van der Waals surface area (Å²) in [4.78, 5) is 228. The first kappa shape index (κ1) is 92.3. The molecular weight excluding hydrogens is 1420 g/mol. The van der Waals surface area contributed by atoms with E-state index in [1.54, 1.807) is 6.26 Å². The van der Waals surface area contributed by atoms with Crippen molar-refractivity contribution >= 4 is 124 Å².